The van der Waals surface area contributed by atoms with Crippen molar-refractivity contribution in [2.75, 3.05) is 24.5 Å². The standard InChI is InChI=1S/C22H26F3N3O2/c1-15-11-16-5-2-3-7-19(16)28(15)13-20-18(8-10-30-20)21(29)26-17-6-4-9-27(12-17)14-22(23,24)25/h2-3,5,7-8,10,15,17H,4,6,9,11-14H2,1H3,(H,26,29)/t15-,17+/m1/s1. The average molecular weight is 421 g/mol. The number of alkyl halides is 3. The van der Waals surface area contributed by atoms with E-state index in [-0.39, 0.29) is 24.5 Å². The van der Waals surface area contributed by atoms with Crippen LogP contribution in [-0.2, 0) is 13.0 Å². The maximum absolute atomic E-state index is 12.9. The van der Waals surface area contributed by atoms with Crippen molar-refractivity contribution in [1.82, 2.24) is 10.2 Å². The molecule has 1 fully saturated rings. The zero-order chi connectivity index (χ0) is 21.3. The van der Waals surface area contributed by atoms with Crippen LogP contribution >= 0.6 is 0 Å². The minimum Gasteiger partial charge on any atom is -0.467 e. The highest BCUT2D eigenvalue weighted by Crippen LogP contribution is 2.33. The minimum atomic E-state index is -4.23. The number of benzene rings is 1. The summed E-state index contributed by atoms with van der Waals surface area (Å²) in [5, 5.41) is 2.91. The topological polar surface area (TPSA) is 48.7 Å². The van der Waals surface area contributed by atoms with Gasteiger partial charge in [0.2, 0.25) is 0 Å². The smallest absolute Gasteiger partial charge is 0.401 e. The van der Waals surface area contributed by atoms with Crippen LogP contribution in [0.1, 0.15) is 41.4 Å². The number of furan rings is 1. The molecule has 0 aliphatic carbocycles. The number of hydrogen-bond donors (Lipinski definition) is 1. The van der Waals surface area contributed by atoms with E-state index in [0.717, 1.165) is 12.1 Å². The molecular formula is C22H26F3N3O2. The fraction of sp³-hybridized carbons (Fsp3) is 0.500. The van der Waals surface area contributed by atoms with Gasteiger partial charge >= 0.3 is 6.18 Å². The van der Waals surface area contributed by atoms with Crippen LogP contribution in [0.4, 0.5) is 18.9 Å². The summed E-state index contributed by atoms with van der Waals surface area (Å²) in [6.07, 6.45) is -0.499. The van der Waals surface area contributed by atoms with Crippen molar-refractivity contribution in [3.8, 4) is 0 Å². The van der Waals surface area contributed by atoms with Crippen molar-refractivity contribution >= 4 is 11.6 Å². The highest BCUT2D eigenvalue weighted by atomic mass is 19.4. The fourth-order valence-corrected chi connectivity index (χ4v) is 4.52. The Morgan fingerprint density at radius 3 is 2.87 bits per heavy atom. The van der Waals surface area contributed by atoms with E-state index < -0.39 is 12.7 Å². The number of rotatable bonds is 5. The third-order valence-electron chi connectivity index (χ3n) is 5.90. The molecule has 0 radical (unpaired) electrons. The van der Waals surface area contributed by atoms with Crippen LogP contribution in [0.25, 0.3) is 0 Å². The third kappa shape index (κ3) is 4.64. The Hall–Kier alpha value is -2.48. The van der Waals surface area contributed by atoms with Crippen LogP contribution in [0.2, 0.25) is 0 Å². The van der Waals surface area contributed by atoms with E-state index in [1.165, 1.54) is 16.7 Å². The molecule has 2 aliphatic heterocycles. The van der Waals surface area contributed by atoms with Gasteiger partial charge in [-0.2, -0.15) is 13.2 Å². The summed E-state index contributed by atoms with van der Waals surface area (Å²) in [5.74, 6) is 0.275. The number of halogens is 3. The number of nitrogens with zero attached hydrogens (tertiary/aromatic N) is 2. The van der Waals surface area contributed by atoms with Crippen LogP contribution < -0.4 is 10.2 Å². The van der Waals surface area contributed by atoms with E-state index in [1.807, 2.05) is 12.1 Å². The number of hydrogen-bond acceptors (Lipinski definition) is 4. The predicted octanol–water partition coefficient (Wildman–Crippen LogP) is 3.99. The normalized spacial score (nSPS) is 22.2. The summed E-state index contributed by atoms with van der Waals surface area (Å²) in [5.41, 5.74) is 2.86. The van der Waals surface area contributed by atoms with Crippen molar-refractivity contribution < 1.29 is 22.4 Å². The van der Waals surface area contributed by atoms with Crippen LogP contribution in [0.15, 0.2) is 41.0 Å². The first-order chi connectivity index (χ1) is 14.3. The number of carbonyl (C=O) groups is 1. The van der Waals surface area contributed by atoms with Gasteiger partial charge in [-0.3, -0.25) is 9.69 Å². The molecule has 162 valence electrons. The van der Waals surface area contributed by atoms with Crippen LogP contribution in [-0.4, -0.2) is 48.7 Å². The lowest BCUT2D eigenvalue weighted by atomic mass is 10.0. The van der Waals surface area contributed by atoms with Crippen molar-refractivity contribution in [3.63, 3.8) is 0 Å². The van der Waals surface area contributed by atoms with Gasteiger partial charge in [-0.25, -0.2) is 0 Å². The molecule has 4 rings (SSSR count). The van der Waals surface area contributed by atoms with Crippen LogP contribution in [0.5, 0.6) is 0 Å². The number of amides is 1. The Balaban J connectivity index is 1.41. The van der Waals surface area contributed by atoms with Gasteiger partial charge in [0.1, 0.15) is 5.76 Å². The van der Waals surface area contributed by atoms with Crippen molar-refractivity contribution in [1.29, 1.82) is 0 Å². The lowest BCUT2D eigenvalue weighted by Crippen LogP contribution is -2.50. The second-order valence-corrected chi connectivity index (χ2v) is 8.23. The predicted molar refractivity (Wildman–Crippen MR) is 107 cm³/mol. The van der Waals surface area contributed by atoms with Gasteiger partial charge in [0, 0.05) is 24.3 Å². The molecule has 1 saturated heterocycles. The number of fused-ring (bicyclic) bond motifs is 1. The number of likely N-dealkylation sites (tertiary alicyclic amines) is 1. The Bertz CT molecular complexity index is 896. The molecular weight excluding hydrogens is 395 g/mol. The van der Waals surface area contributed by atoms with Crippen molar-refractivity contribution in [3.05, 3.63) is 53.5 Å². The van der Waals surface area contributed by atoms with Crippen LogP contribution in [0, 0.1) is 0 Å². The molecule has 2 aromatic rings. The lowest BCUT2D eigenvalue weighted by molar-refractivity contribution is -0.148. The Labute approximate surface area is 173 Å². The number of piperidine rings is 1. The number of carbonyl (C=O) groups excluding carboxylic acids is 1. The SMILES string of the molecule is C[C@@H]1Cc2ccccc2N1Cc1occc1C(=O)N[C@H]1CCCN(CC(F)(F)F)C1. The Morgan fingerprint density at radius 2 is 2.07 bits per heavy atom. The van der Waals surface area contributed by atoms with Gasteiger partial charge in [-0.05, 0) is 50.4 Å². The van der Waals surface area contributed by atoms with Crippen molar-refractivity contribution in [2.24, 2.45) is 0 Å². The fourth-order valence-electron chi connectivity index (χ4n) is 4.52. The molecule has 1 aromatic carbocycles. The first-order valence-electron chi connectivity index (χ1n) is 10.3. The summed E-state index contributed by atoms with van der Waals surface area (Å²) < 4.78 is 43.7. The van der Waals surface area contributed by atoms with E-state index in [1.54, 1.807) is 6.07 Å². The van der Waals surface area contributed by atoms with E-state index in [9.17, 15) is 18.0 Å². The number of anilines is 1. The molecule has 0 spiro atoms. The molecule has 0 saturated carbocycles. The van der Waals surface area contributed by atoms with Gasteiger partial charge in [0.25, 0.3) is 5.91 Å². The molecule has 0 unspecified atom stereocenters. The summed E-state index contributed by atoms with van der Waals surface area (Å²) >= 11 is 0. The minimum absolute atomic E-state index is 0.203. The molecule has 1 aromatic heterocycles. The lowest BCUT2D eigenvalue weighted by Gasteiger charge is -2.33. The summed E-state index contributed by atoms with van der Waals surface area (Å²) in [7, 11) is 0. The first-order valence-corrected chi connectivity index (χ1v) is 10.3. The molecule has 2 atom stereocenters. The number of para-hydroxylation sites is 1. The maximum Gasteiger partial charge on any atom is 0.401 e. The monoisotopic (exact) mass is 421 g/mol. The van der Waals surface area contributed by atoms with Gasteiger partial charge in [0.15, 0.2) is 0 Å². The molecule has 0 bridgehead atoms. The van der Waals surface area contributed by atoms with E-state index in [0.29, 0.717) is 37.3 Å². The maximum atomic E-state index is 12.9. The van der Waals surface area contributed by atoms with Gasteiger partial charge in [-0.1, -0.05) is 18.2 Å². The Kier molecular flexibility index (Phi) is 5.77. The summed E-state index contributed by atoms with van der Waals surface area (Å²) in [6.45, 7) is 2.27. The highest BCUT2D eigenvalue weighted by Gasteiger charge is 2.34. The van der Waals surface area contributed by atoms with E-state index in [4.69, 9.17) is 4.42 Å². The molecule has 2 aliphatic rings. The van der Waals surface area contributed by atoms with Gasteiger partial charge in [-0.15, -0.1) is 0 Å². The molecule has 30 heavy (non-hydrogen) atoms. The molecule has 5 nitrogen and oxygen atoms in total. The van der Waals surface area contributed by atoms with Crippen molar-refractivity contribution in [2.45, 2.75) is 51.0 Å². The van der Waals surface area contributed by atoms with Gasteiger partial charge in [0.05, 0.1) is 24.9 Å². The van der Waals surface area contributed by atoms with E-state index in [2.05, 4.69) is 29.3 Å². The molecule has 8 heteroatoms. The van der Waals surface area contributed by atoms with Gasteiger partial charge < -0.3 is 14.6 Å². The first kappa shape index (κ1) is 20.8. The molecule has 1 amide bonds. The Morgan fingerprint density at radius 1 is 1.27 bits per heavy atom. The molecule has 1 N–H and O–H groups in total. The van der Waals surface area contributed by atoms with E-state index >= 15 is 0 Å². The molecule has 3 heterocycles. The number of nitrogens with one attached hydrogen (secondary N) is 1. The average Bonchev–Trinajstić information content (AvgIpc) is 3.26. The second-order valence-electron chi connectivity index (χ2n) is 8.23. The zero-order valence-electron chi connectivity index (χ0n) is 16.9. The highest BCUT2D eigenvalue weighted by molar-refractivity contribution is 5.95. The third-order valence-corrected chi connectivity index (χ3v) is 5.90. The van der Waals surface area contributed by atoms with Crippen LogP contribution in [0.3, 0.4) is 0 Å². The summed E-state index contributed by atoms with van der Waals surface area (Å²) in [6, 6.07) is 9.81. The second kappa shape index (κ2) is 8.34. The quantitative estimate of drug-likeness (QED) is 0.793. The zero-order valence-corrected chi connectivity index (χ0v) is 16.9. The summed E-state index contributed by atoms with van der Waals surface area (Å²) in [4.78, 5) is 16.4. The largest absolute Gasteiger partial charge is 0.467 e.